The van der Waals surface area contributed by atoms with Crippen LogP contribution in [0.3, 0.4) is 0 Å². The second kappa shape index (κ2) is 11.1. The molecule has 0 saturated carbocycles. The van der Waals surface area contributed by atoms with Crippen LogP contribution in [0.1, 0.15) is 55.6 Å². The molecule has 6 nitrogen and oxygen atoms in total. The smallest absolute Gasteiger partial charge is 0.339 e. The molecule has 0 heterocycles. The minimum atomic E-state index is -0.928. The third-order valence-corrected chi connectivity index (χ3v) is 4.45. The molecule has 0 saturated heterocycles. The molecular weight excluding hydrogens is 370 g/mol. The second-order valence-electron chi connectivity index (χ2n) is 6.61. The minimum Gasteiger partial charge on any atom is -0.493 e. The lowest BCUT2D eigenvalue weighted by Crippen LogP contribution is -2.38. The lowest BCUT2D eigenvalue weighted by molar-refractivity contribution is -0.129. The first-order chi connectivity index (χ1) is 14.0. The third kappa shape index (κ3) is 6.24. The number of carbonyl (C=O) groups is 2. The molecule has 0 aliphatic heterocycles. The van der Waals surface area contributed by atoms with Gasteiger partial charge in [-0.25, -0.2) is 4.79 Å². The van der Waals surface area contributed by atoms with E-state index in [9.17, 15) is 9.59 Å². The highest BCUT2D eigenvalue weighted by Gasteiger charge is 2.23. The van der Waals surface area contributed by atoms with E-state index in [1.54, 1.807) is 25.1 Å². The molecule has 0 aliphatic rings. The zero-order valence-electron chi connectivity index (χ0n) is 17.4. The molecule has 6 heteroatoms. The molecule has 2 aromatic carbocycles. The monoisotopic (exact) mass is 399 g/mol. The maximum Gasteiger partial charge on any atom is 0.339 e. The quantitative estimate of drug-likeness (QED) is 0.603. The topological polar surface area (TPSA) is 73.9 Å². The highest BCUT2D eigenvalue weighted by atomic mass is 16.5. The van der Waals surface area contributed by atoms with E-state index >= 15 is 0 Å². The first-order valence-electron chi connectivity index (χ1n) is 9.87. The Bertz CT molecular complexity index is 806. The van der Waals surface area contributed by atoms with Crippen molar-refractivity contribution >= 4 is 11.9 Å². The SMILES string of the molecule is CCC[C@@H](NC(=O)[C@@H](C)OC(=O)c1ccc(OCC)c(OC)c1)c1ccccc1. The average Bonchev–Trinajstić information content (AvgIpc) is 2.74. The van der Waals surface area contributed by atoms with E-state index in [2.05, 4.69) is 12.2 Å². The van der Waals surface area contributed by atoms with E-state index < -0.39 is 12.1 Å². The third-order valence-electron chi connectivity index (χ3n) is 4.45. The van der Waals surface area contributed by atoms with Crippen molar-refractivity contribution in [3.8, 4) is 11.5 Å². The number of amides is 1. The minimum absolute atomic E-state index is 0.125. The van der Waals surface area contributed by atoms with Crippen molar-refractivity contribution in [1.29, 1.82) is 0 Å². The number of nitrogens with one attached hydrogen (secondary N) is 1. The fraction of sp³-hybridized carbons (Fsp3) is 0.391. The summed E-state index contributed by atoms with van der Waals surface area (Å²) in [5.41, 5.74) is 1.32. The fourth-order valence-corrected chi connectivity index (χ4v) is 2.94. The van der Waals surface area contributed by atoms with Crippen LogP contribution in [-0.2, 0) is 9.53 Å². The van der Waals surface area contributed by atoms with Crippen LogP contribution in [0.25, 0.3) is 0 Å². The van der Waals surface area contributed by atoms with Gasteiger partial charge in [-0.3, -0.25) is 4.79 Å². The molecule has 0 fully saturated rings. The first-order valence-corrected chi connectivity index (χ1v) is 9.87. The van der Waals surface area contributed by atoms with Crippen molar-refractivity contribution in [3.05, 3.63) is 59.7 Å². The summed E-state index contributed by atoms with van der Waals surface area (Å²) < 4.78 is 16.1. The Balaban J connectivity index is 2.03. The van der Waals surface area contributed by atoms with Gasteiger partial charge < -0.3 is 19.5 Å². The van der Waals surface area contributed by atoms with Gasteiger partial charge in [-0.05, 0) is 44.0 Å². The van der Waals surface area contributed by atoms with E-state index in [1.165, 1.54) is 7.11 Å². The van der Waals surface area contributed by atoms with Gasteiger partial charge in [0.05, 0.1) is 25.3 Å². The number of rotatable bonds is 10. The molecule has 29 heavy (non-hydrogen) atoms. The van der Waals surface area contributed by atoms with Gasteiger partial charge in [-0.15, -0.1) is 0 Å². The standard InChI is InChI=1S/C23H29NO5/c1-5-10-19(17-11-8-7-9-12-17)24-22(25)16(3)29-23(26)18-13-14-20(28-6-2)21(15-18)27-4/h7-9,11-16,19H,5-6,10H2,1-4H3,(H,24,25)/t16-,19-/m1/s1. The Labute approximate surface area is 172 Å². The van der Waals surface area contributed by atoms with Crippen LogP contribution in [0.4, 0.5) is 0 Å². The van der Waals surface area contributed by atoms with Crippen molar-refractivity contribution in [1.82, 2.24) is 5.32 Å². The van der Waals surface area contributed by atoms with Crippen molar-refractivity contribution in [2.75, 3.05) is 13.7 Å². The molecular formula is C23H29NO5. The molecule has 2 aromatic rings. The van der Waals surface area contributed by atoms with Crippen LogP contribution in [0.2, 0.25) is 0 Å². The van der Waals surface area contributed by atoms with Crippen LogP contribution >= 0.6 is 0 Å². The highest BCUT2D eigenvalue weighted by Crippen LogP contribution is 2.28. The number of hydrogen-bond acceptors (Lipinski definition) is 5. The molecule has 1 amide bonds. The number of ether oxygens (including phenoxy) is 3. The Kier molecular flexibility index (Phi) is 8.52. The van der Waals surface area contributed by atoms with Crippen LogP contribution in [-0.4, -0.2) is 31.7 Å². The number of benzene rings is 2. The van der Waals surface area contributed by atoms with E-state index in [4.69, 9.17) is 14.2 Å². The zero-order valence-corrected chi connectivity index (χ0v) is 17.4. The van der Waals surface area contributed by atoms with E-state index in [0.717, 1.165) is 18.4 Å². The summed E-state index contributed by atoms with van der Waals surface area (Å²) in [7, 11) is 1.50. The van der Waals surface area contributed by atoms with Gasteiger partial charge in [-0.2, -0.15) is 0 Å². The van der Waals surface area contributed by atoms with Crippen molar-refractivity contribution in [3.63, 3.8) is 0 Å². The Morgan fingerprint density at radius 1 is 1.03 bits per heavy atom. The summed E-state index contributed by atoms with van der Waals surface area (Å²) >= 11 is 0. The van der Waals surface area contributed by atoms with Crippen LogP contribution in [0.15, 0.2) is 48.5 Å². The largest absolute Gasteiger partial charge is 0.493 e. The van der Waals surface area contributed by atoms with E-state index in [-0.39, 0.29) is 17.5 Å². The number of esters is 1. The van der Waals surface area contributed by atoms with Gasteiger partial charge in [0, 0.05) is 0 Å². The predicted octanol–water partition coefficient (Wildman–Crippen LogP) is 4.30. The van der Waals surface area contributed by atoms with Crippen LogP contribution in [0.5, 0.6) is 11.5 Å². The van der Waals surface area contributed by atoms with Gasteiger partial charge in [0.25, 0.3) is 5.91 Å². The van der Waals surface area contributed by atoms with Gasteiger partial charge in [-0.1, -0.05) is 43.7 Å². The summed E-state index contributed by atoms with van der Waals surface area (Å²) in [6.45, 7) is 5.97. The van der Waals surface area contributed by atoms with Gasteiger partial charge >= 0.3 is 5.97 Å². The molecule has 1 N–H and O–H groups in total. The van der Waals surface area contributed by atoms with Crippen molar-refractivity contribution < 1.29 is 23.8 Å². The molecule has 2 rings (SSSR count). The normalized spacial score (nSPS) is 12.6. The fourth-order valence-electron chi connectivity index (χ4n) is 2.94. The highest BCUT2D eigenvalue weighted by molar-refractivity contribution is 5.93. The summed E-state index contributed by atoms with van der Waals surface area (Å²) in [5, 5.41) is 2.98. The number of hydrogen-bond donors (Lipinski definition) is 1. The molecule has 0 spiro atoms. The maximum atomic E-state index is 12.6. The van der Waals surface area contributed by atoms with Crippen molar-refractivity contribution in [2.24, 2.45) is 0 Å². The van der Waals surface area contributed by atoms with Gasteiger partial charge in [0.2, 0.25) is 0 Å². The zero-order chi connectivity index (χ0) is 21.2. The molecule has 2 atom stereocenters. The molecule has 0 unspecified atom stereocenters. The maximum absolute atomic E-state index is 12.6. The molecule has 0 aliphatic carbocycles. The van der Waals surface area contributed by atoms with Crippen molar-refractivity contribution in [2.45, 2.75) is 45.8 Å². The molecule has 0 aromatic heterocycles. The number of carbonyl (C=O) groups excluding carboxylic acids is 2. The molecule has 156 valence electrons. The van der Waals surface area contributed by atoms with E-state index in [1.807, 2.05) is 37.3 Å². The summed E-state index contributed by atoms with van der Waals surface area (Å²) in [4.78, 5) is 25.1. The molecule has 0 bridgehead atoms. The van der Waals surface area contributed by atoms with E-state index in [0.29, 0.717) is 18.1 Å². The molecule has 0 radical (unpaired) electrons. The van der Waals surface area contributed by atoms with Crippen LogP contribution < -0.4 is 14.8 Å². The summed E-state index contributed by atoms with van der Waals surface area (Å²) in [5.74, 6) is 0.0485. The lowest BCUT2D eigenvalue weighted by atomic mass is 10.0. The average molecular weight is 399 g/mol. The number of methoxy groups -OCH3 is 1. The summed E-state index contributed by atoms with van der Waals surface area (Å²) in [6.07, 6.45) is 0.787. The Morgan fingerprint density at radius 3 is 2.38 bits per heavy atom. The second-order valence-corrected chi connectivity index (χ2v) is 6.61. The van der Waals surface area contributed by atoms with Gasteiger partial charge in [0.1, 0.15) is 0 Å². The summed E-state index contributed by atoms with van der Waals surface area (Å²) in [6, 6.07) is 14.4. The first kappa shape index (κ1) is 22.3. The lowest BCUT2D eigenvalue weighted by Gasteiger charge is -2.21. The predicted molar refractivity (Wildman–Crippen MR) is 111 cm³/mol. The Morgan fingerprint density at radius 2 is 1.76 bits per heavy atom. The van der Waals surface area contributed by atoms with Gasteiger partial charge in [0.15, 0.2) is 17.6 Å². The van der Waals surface area contributed by atoms with Crippen LogP contribution in [0, 0.1) is 0 Å². The Hall–Kier alpha value is -3.02.